The van der Waals surface area contributed by atoms with Crippen molar-refractivity contribution in [1.82, 2.24) is 10.2 Å². The lowest BCUT2D eigenvalue weighted by Gasteiger charge is -2.29. The Bertz CT molecular complexity index is 844. The van der Waals surface area contributed by atoms with Gasteiger partial charge < -0.3 is 15.0 Å². The summed E-state index contributed by atoms with van der Waals surface area (Å²) in [6.45, 7) is 5.69. The van der Waals surface area contributed by atoms with Crippen molar-refractivity contribution in [3.05, 3.63) is 64.9 Å². The summed E-state index contributed by atoms with van der Waals surface area (Å²) >= 11 is 6.06. The highest BCUT2D eigenvalue weighted by atomic mass is 35.5. The molecule has 1 unspecified atom stereocenters. The fourth-order valence-electron chi connectivity index (χ4n) is 2.63. The topological polar surface area (TPSA) is 58.6 Å². The van der Waals surface area contributed by atoms with Crippen LogP contribution >= 0.6 is 11.6 Å². The lowest BCUT2D eigenvalue weighted by atomic mass is 10.1. The molecule has 1 atom stereocenters. The molecule has 29 heavy (non-hydrogen) atoms. The summed E-state index contributed by atoms with van der Waals surface area (Å²) in [5.74, 6) is -0.552. The molecule has 2 aromatic carbocycles. The van der Waals surface area contributed by atoms with Crippen LogP contribution in [0.2, 0.25) is 5.02 Å². The molecule has 7 heteroatoms. The van der Waals surface area contributed by atoms with Crippen LogP contribution in [0.25, 0.3) is 0 Å². The Kier molecular flexibility index (Phi) is 8.46. The van der Waals surface area contributed by atoms with Gasteiger partial charge in [-0.15, -0.1) is 0 Å². The van der Waals surface area contributed by atoms with Crippen LogP contribution in [0.3, 0.4) is 0 Å². The van der Waals surface area contributed by atoms with Gasteiger partial charge in [-0.25, -0.2) is 4.39 Å². The van der Waals surface area contributed by atoms with E-state index in [4.69, 9.17) is 16.3 Å². The van der Waals surface area contributed by atoms with Crippen molar-refractivity contribution in [1.29, 1.82) is 0 Å². The van der Waals surface area contributed by atoms with Gasteiger partial charge in [0, 0.05) is 18.7 Å². The number of carbonyl (C=O) groups excluding carboxylic acids is 2. The highest BCUT2D eigenvalue weighted by Crippen LogP contribution is 2.23. The van der Waals surface area contributed by atoms with Crippen LogP contribution in [0.15, 0.2) is 48.5 Å². The molecule has 0 saturated carbocycles. The number of nitrogens with zero attached hydrogens (tertiary/aromatic N) is 1. The molecule has 0 saturated heterocycles. The zero-order valence-electron chi connectivity index (χ0n) is 16.8. The minimum atomic E-state index is -0.796. The van der Waals surface area contributed by atoms with E-state index in [2.05, 4.69) is 5.32 Å². The standard InChI is InChI=1S/C22H26ClFN2O3/c1-15(2)12-25-22(28)16(3)26(13-17-8-4-6-10-19(17)24)21(27)14-29-20-11-7-5-9-18(20)23/h4-11,15-16H,12-14H2,1-3H3,(H,25,28). The van der Waals surface area contributed by atoms with Gasteiger partial charge in [-0.3, -0.25) is 9.59 Å². The first-order valence-electron chi connectivity index (χ1n) is 9.47. The summed E-state index contributed by atoms with van der Waals surface area (Å²) in [4.78, 5) is 26.7. The van der Waals surface area contributed by atoms with Gasteiger partial charge in [0.05, 0.1) is 5.02 Å². The van der Waals surface area contributed by atoms with Crippen molar-refractivity contribution >= 4 is 23.4 Å². The lowest BCUT2D eigenvalue weighted by Crippen LogP contribution is -2.49. The molecular formula is C22H26ClFN2O3. The van der Waals surface area contributed by atoms with E-state index in [9.17, 15) is 14.0 Å². The van der Waals surface area contributed by atoms with Gasteiger partial charge in [0.1, 0.15) is 17.6 Å². The fourth-order valence-corrected chi connectivity index (χ4v) is 2.82. The van der Waals surface area contributed by atoms with Crippen LogP contribution in [0.5, 0.6) is 5.75 Å². The summed E-state index contributed by atoms with van der Waals surface area (Å²) in [5, 5.41) is 3.19. The molecule has 0 spiro atoms. The van der Waals surface area contributed by atoms with Crippen LogP contribution in [-0.4, -0.2) is 35.9 Å². The quantitative estimate of drug-likeness (QED) is 0.665. The summed E-state index contributed by atoms with van der Waals surface area (Å²) in [6.07, 6.45) is 0. The number of hydrogen-bond acceptors (Lipinski definition) is 3. The molecule has 0 radical (unpaired) electrons. The Hall–Kier alpha value is -2.60. The number of halogens is 2. The highest BCUT2D eigenvalue weighted by Gasteiger charge is 2.27. The number of benzene rings is 2. The maximum Gasteiger partial charge on any atom is 0.261 e. The SMILES string of the molecule is CC(C)CNC(=O)C(C)N(Cc1ccccc1F)C(=O)COc1ccccc1Cl. The number of rotatable bonds is 9. The van der Waals surface area contributed by atoms with Crippen LogP contribution < -0.4 is 10.1 Å². The van der Waals surface area contributed by atoms with Crippen molar-refractivity contribution < 1.29 is 18.7 Å². The van der Waals surface area contributed by atoms with E-state index in [0.717, 1.165) is 0 Å². The first kappa shape index (κ1) is 22.7. The molecule has 0 aliphatic rings. The van der Waals surface area contributed by atoms with Gasteiger partial charge in [-0.1, -0.05) is 55.8 Å². The Morgan fingerprint density at radius 3 is 2.41 bits per heavy atom. The third kappa shape index (κ3) is 6.75. The molecule has 0 bridgehead atoms. The second-order valence-electron chi connectivity index (χ2n) is 7.15. The van der Waals surface area contributed by atoms with E-state index in [0.29, 0.717) is 22.9 Å². The normalized spacial score (nSPS) is 11.8. The molecule has 0 fully saturated rings. The van der Waals surface area contributed by atoms with Crippen LogP contribution in [0.4, 0.5) is 4.39 Å². The number of hydrogen-bond donors (Lipinski definition) is 1. The highest BCUT2D eigenvalue weighted by molar-refractivity contribution is 6.32. The third-order valence-electron chi connectivity index (χ3n) is 4.34. The molecule has 0 aliphatic carbocycles. The van der Waals surface area contributed by atoms with E-state index < -0.39 is 17.8 Å². The van der Waals surface area contributed by atoms with Crippen molar-refractivity contribution in [3.63, 3.8) is 0 Å². The second-order valence-corrected chi connectivity index (χ2v) is 7.55. The largest absolute Gasteiger partial charge is 0.482 e. The smallest absolute Gasteiger partial charge is 0.261 e. The van der Waals surface area contributed by atoms with Crippen molar-refractivity contribution in [2.45, 2.75) is 33.4 Å². The first-order valence-corrected chi connectivity index (χ1v) is 9.85. The van der Waals surface area contributed by atoms with Crippen LogP contribution in [0.1, 0.15) is 26.3 Å². The van der Waals surface area contributed by atoms with E-state index in [1.807, 2.05) is 13.8 Å². The first-order chi connectivity index (χ1) is 13.8. The molecule has 0 heterocycles. The van der Waals surface area contributed by atoms with Gasteiger partial charge >= 0.3 is 0 Å². The minimum absolute atomic E-state index is 0.0480. The summed E-state index contributed by atoms with van der Waals surface area (Å²) in [7, 11) is 0. The maximum absolute atomic E-state index is 14.1. The summed E-state index contributed by atoms with van der Waals surface area (Å²) in [5.41, 5.74) is 0.321. The molecule has 0 aromatic heterocycles. The molecule has 0 aliphatic heterocycles. The number of nitrogens with one attached hydrogen (secondary N) is 1. The zero-order chi connectivity index (χ0) is 21.4. The Balaban J connectivity index is 2.16. The van der Waals surface area contributed by atoms with E-state index in [1.165, 1.54) is 11.0 Å². The molecule has 5 nitrogen and oxygen atoms in total. The van der Waals surface area contributed by atoms with Crippen molar-refractivity contribution in [3.8, 4) is 5.75 Å². The summed E-state index contributed by atoms with van der Waals surface area (Å²) in [6, 6.07) is 12.2. The molecule has 156 valence electrons. The molecule has 2 amide bonds. The van der Waals surface area contributed by atoms with Crippen molar-refractivity contribution in [2.24, 2.45) is 5.92 Å². The number of amides is 2. The average molecular weight is 421 g/mol. The van der Waals surface area contributed by atoms with E-state index in [-0.39, 0.29) is 25.0 Å². The minimum Gasteiger partial charge on any atom is -0.482 e. The molecule has 1 N–H and O–H groups in total. The zero-order valence-corrected chi connectivity index (χ0v) is 17.6. The van der Waals surface area contributed by atoms with Crippen LogP contribution in [0, 0.1) is 11.7 Å². The third-order valence-corrected chi connectivity index (χ3v) is 4.65. The molecule has 2 aromatic rings. The number of carbonyl (C=O) groups is 2. The van der Waals surface area contributed by atoms with Crippen LogP contribution in [-0.2, 0) is 16.1 Å². The van der Waals surface area contributed by atoms with Gasteiger partial charge in [-0.2, -0.15) is 0 Å². The Morgan fingerprint density at radius 1 is 1.10 bits per heavy atom. The average Bonchev–Trinajstić information content (AvgIpc) is 2.70. The van der Waals surface area contributed by atoms with Gasteiger partial charge in [0.2, 0.25) is 5.91 Å². The maximum atomic E-state index is 14.1. The number of ether oxygens (including phenoxy) is 1. The second kappa shape index (κ2) is 10.8. The summed E-state index contributed by atoms with van der Waals surface area (Å²) < 4.78 is 19.7. The van der Waals surface area contributed by atoms with Gasteiger partial charge in [0.25, 0.3) is 5.91 Å². The Morgan fingerprint density at radius 2 is 1.76 bits per heavy atom. The van der Waals surface area contributed by atoms with E-state index >= 15 is 0 Å². The van der Waals surface area contributed by atoms with Gasteiger partial charge in [-0.05, 0) is 31.0 Å². The fraction of sp³-hybridized carbons (Fsp3) is 0.364. The van der Waals surface area contributed by atoms with Gasteiger partial charge in [0.15, 0.2) is 6.61 Å². The van der Waals surface area contributed by atoms with E-state index in [1.54, 1.807) is 49.4 Å². The number of para-hydroxylation sites is 1. The lowest BCUT2D eigenvalue weighted by molar-refractivity contribution is -0.142. The monoisotopic (exact) mass is 420 g/mol. The van der Waals surface area contributed by atoms with Crippen molar-refractivity contribution in [2.75, 3.05) is 13.2 Å². The molecular weight excluding hydrogens is 395 g/mol. The molecule has 2 rings (SSSR count). The predicted molar refractivity (Wildman–Crippen MR) is 111 cm³/mol. The Labute approximate surface area is 175 Å². The predicted octanol–water partition coefficient (Wildman–Crippen LogP) is 4.05.